The smallest absolute Gasteiger partial charge is 0.191 e. The van der Waals surface area contributed by atoms with Crippen molar-refractivity contribution in [1.29, 1.82) is 0 Å². The lowest BCUT2D eigenvalue weighted by atomic mass is 10.00. The number of β-amino-alcohol motifs (C(OH)–C–C–N with tert-alkyl or cyclic N) is 1. The minimum atomic E-state index is -0.464. The molecule has 0 saturated heterocycles. The van der Waals surface area contributed by atoms with Gasteiger partial charge in [-0.1, -0.05) is 24.3 Å². The summed E-state index contributed by atoms with van der Waals surface area (Å²) in [7, 11) is 1.85. The number of nitrogens with one attached hydrogen (secondary N) is 2. The first-order chi connectivity index (χ1) is 13.2. The van der Waals surface area contributed by atoms with Crippen LogP contribution in [0.1, 0.15) is 23.9 Å². The molecule has 0 bridgehead atoms. The van der Waals surface area contributed by atoms with E-state index in [-0.39, 0.29) is 0 Å². The molecule has 0 aliphatic carbocycles. The normalized spacial score (nSPS) is 16.0. The lowest BCUT2D eigenvalue weighted by Crippen LogP contribution is -2.45. The number of fused-ring (bicyclic) bond motifs is 1. The summed E-state index contributed by atoms with van der Waals surface area (Å²) in [4.78, 5) is 11.0. The molecule has 1 unspecified atom stereocenters. The SMILES string of the molecule is CCNC(=NCc1ncnn1C)NCC(O)CN1CCc2ccccc2C1. The maximum atomic E-state index is 10.4. The number of aromatic nitrogens is 3. The van der Waals surface area contributed by atoms with E-state index in [0.29, 0.717) is 25.6 Å². The summed E-state index contributed by atoms with van der Waals surface area (Å²) < 4.78 is 1.70. The maximum absolute atomic E-state index is 10.4. The van der Waals surface area contributed by atoms with Crippen molar-refractivity contribution >= 4 is 5.96 Å². The van der Waals surface area contributed by atoms with Crippen molar-refractivity contribution in [3.63, 3.8) is 0 Å². The van der Waals surface area contributed by atoms with Crippen molar-refractivity contribution in [3.05, 3.63) is 47.5 Å². The van der Waals surface area contributed by atoms with Crippen LogP contribution in [0.4, 0.5) is 0 Å². The summed E-state index contributed by atoms with van der Waals surface area (Å²) in [6.07, 6.45) is 2.10. The lowest BCUT2D eigenvalue weighted by molar-refractivity contribution is 0.108. The third-order valence-electron chi connectivity index (χ3n) is 4.71. The van der Waals surface area contributed by atoms with Gasteiger partial charge in [-0.25, -0.2) is 9.98 Å². The number of benzene rings is 1. The number of aliphatic hydroxyl groups excluding tert-OH is 1. The van der Waals surface area contributed by atoms with Gasteiger partial charge in [0.25, 0.3) is 0 Å². The highest BCUT2D eigenvalue weighted by molar-refractivity contribution is 5.79. The van der Waals surface area contributed by atoms with Crippen LogP contribution >= 0.6 is 0 Å². The fourth-order valence-electron chi connectivity index (χ4n) is 3.24. The van der Waals surface area contributed by atoms with Gasteiger partial charge in [-0.05, 0) is 24.5 Å². The molecule has 27 heavy (non-hydrogen) atoms. The third-order valence-corrected chi connectivity index (χ3v) is 4.71. The molecule has 2 heterocycles. The number of aliphatic imine (C=N–C) groups is 1. The van der Waals surface area contributed by atoms with Crippen LogP contribution in [0.2, 0.25) is 0 Å². The van der Waals surface area contributed by atoms with Gasteiger partial charge < -0.3 is 15.7 Å². The molecule has 1 atom stereocenters. The fraction of sp³-hybridized carbons (Fsp3) is 0.526. The Labute approximate surface area is 160 Å². The molecule has 2 aromatic rings. The molecule has 1 aliphatic heterocycles. The van der Waals surface area contributed by atoms with Crippen LogP contribution in [0.5, 0.6) is 0 Å². The van der Waals surface area contributed by atoms with Gasteiger partial charge in [0.05, 0.1) is 6.10 Å². The number of hydrogen-bond acceptors (Lipinski definition) is 5. The molecule has 8 heteroatoms. The highest BCUT2D eigenvalue weighted by Crippen LogP contribution is 2.18. The van der Waals surface area contributed by atoms with Gasteiger partial charge in [0.1, 0.15) is 18.7 Å². The maximum Gasteiger partial charge on any atom is 0.191 e. The van der Waals surface area contributed by atoms with Gasteiger partial charge in [-0.15, -0.1) is 0 Å². The van der Waals surface area contributed by atoms with Gasteiger partial charge in [0, 0.05) is 39.8 Å². The second kappa shape index (κ2) is 9.48. The van der Waals surface area contributed by atoms with E-state index in [0.717, 1.165) is 31.9 Å². The van der Waals surface area contributed by atoms with Crippen LogP contribution in [0.15, 0.2) is 35.6 Å². The van der Waals surface area contributed by atoms with Gasteiger partial charge >= 0.3 is 0 Å². The van der Waals surface area contributed by atoms with E-state index in [2.05, 4.69) is 54.9 Å². The van der Waals surface area contributed by atoms with Crippen LogP contribution in [-0.2, 0) is 26.6 Å². The number of aryl methyl sites for hydroxylation is 1. The minimum Gasteiger partial charge on any atom is -0.390 e. The summed E-state index contributed by atoms with van der Waals surface area (Å²) in [6, 6.07) is 8.54. The molecule has 0 amide bonds. The zero-order chi connectivity index (χ0) is 19.1. The largest absolute Gasteiger partial charge is 0.390 e. The van der Waals surface area contributed by atoms with Crippen molar-refractivity contribution in [1.82, 2.24) is 30.3 Å². The van der Waals surface area contributed by atoms with Crippen molar-refractivity contribution in [2.24, 2.45) is 12.0 Å². The zero-order valence-electron chi connectivity index (χ0n) is 16.1. The Hall–Kier alpha value is -2.45. The molecular formula is C19H29N7O. The van der Waals surface area contributed by atoms with Crippen molar-refractivity contribution in [2.75, 3.05) is 26.2 Å². The molecule has 1 aromatic heterocycles. The first-order valence-corrected chi connectivity index (χ1v) is 9.48. The number of hydrogen-bond donors (Lipinski definition) is 3. The molecule has 0 radical (unpaired) electrons. The van der Waals surface area contributed by atoms with Crippen LogP contribution in [0.3, 0.4) is 0 Å². The Balaban J connectivity index is 1.48. The molecule has 1 aliphatic rings. The summed E-state index contributed by atoms with van der Waals surface area (Å²) in [5.74, 6) is 1.46. The molecule has 0 fully saturated rings. The van der Waals surface area contributed by atoms with E-state index in [9.17, 15) is 5.11 Å². The summed E-state index contributed by atoms with van der Waals surface area (Å²) in [5, 5.41) is 20.9. The zero-order valence-corrected chi connectivity index (χ0v) is 16.1. The number of nitrogens with zero attached hydrogens (tertiary/aromatic N) is 5. The summed E-state index contributed by atoms with van der Waals surface area (Å²) in [5.41, 5.74) is 2.79. The quantitative estimate of drug-likeness (QED) is 0.479. The average Bonchev–Trinajstić information content (AvgIpc) is 3.09. The lowest BCUT2D eigenvalue weighted by Gasteiger charge is -2.30. The van der Waals surface area contributed by atoms with Crippen molar-refractivity contribution < 1.29 is 5.11 Å². The summed E-state index contributed by atoms with van der Waals surface area (Å²) >= 11 is 0. The minimum absolute atomic E-state index is 0.435. The highest BCUT2D eigenvalue weighted by Gasteiger charge is 2.18. The molecule has 8 nitrogen and oxygen atoms in total. The van der Waals surface area contributed by atoms with Crippen LogP contribution in [0.25, 0.3) is 0 Å². The van der Waals surface area contributed by atoms with E-state index >= 15 is 0 Å². The molecule has 3 rings (SSSR count). The van der Waals surface area contributed by atoms with Gasteiger partial charge in [0.2, 0.25) is 0 Å². The highest BCUT2D eigenvalue weighted by atomic mass is 16.3. The topological polar surface area (TPSA) is 90.6 Å². The Bertz CT molecular complexity index is 758. The fourth-order valence-corrected chi connectivity index (χ4v) is 3.24. The van der Waals surface area contributed by atoms with Gasteiger partial charge in [0.15, 0.2) is 5.96 Å². The van der Waals surface area contributed by atoms with E-state index in [1.165, 1.54) is 17.5 Å². The number of aliphatic hydroxyl groups is 1. The molecule has 0 saturated carbocycles. The predicted molar refractivity (Wildman–Crippen MR) is 105 cm³/mol. The van der Waals surface area contributed by atoms with E-state index < -0.39 is 6.10 Å². The standard InChI is InChI=1S/C19H29N7O/c1-3-20-19(22-11-18-23-14-24-25(18)2)21-10-17(27)13-26-9-8-15-6-4-5-7-16(15)12-26/h4-7,14,17,27H,3,8-13H2,1-2H3,(H2,20,21,22). The van der Waals surface area contributed by atoms with Crippen LogP contribution < -0.4 is 10.6 Å². The molecule has 1 aromatic carbocycles. The van der Waals surface area contributed by atoms with E-state index in [4.69, 9.17) is 0 Å². The predicted octanol–water partition coefficient (Wildman–Crippen LogP) is 0.289. The van der Waals surface area contributed by atoms with Gasteiger partial charge in [-0.3, -0.25) is 9.58 Å². The monoisotopic (exact) mass is 371 g/mol. The van der Waals surface area contributed by atoms with Crippen LogP contribution in [0, 0.1) is 0 Å². The van der Waals surface area contributed by atoms with Gasteiger partial charge in [-0.2, -0.15) is 5.10 Å². The Morgan fingerprint density at radius 1 is 1.30 bits per heavy atom. The Kier molecular flexibility index (Phi) is 6.78. The average molecular weight is 371 g/mol. The second-order valence-corrected chi connectivity index (χ2v) is 6.78. The molecule has 3 N–H and O–H groups in total. The Morgan fingerprint density at radius 2 is 2.11 bits per heavy atom. The number of guanidine groups is 1. The van der Waals surface area contributed by atoms with Crippen molar-refractivity contribution in [2.45, 2.75) is 32.5 Å². The molecule has 0 spiro atoms. The molecule has 146 valence electrons. The first-order valence-electron chi connectivity index (χ1n) is 9.48. The second-order valence-electron chi connectivity index (χ2n) is 6.78. The molecular weight excluding hydrogens is 342 g/mol. The third kappa shape index (κ3) is 5.51. The van der Waals surface area contributed by atoms with Crippen LogP contribution in [-0.4, -0.2) is 63.0 Å². The number of rotatable bonds is 7. The first kappa shape index (κ1) is 19.3. The van der Waals surface area contributed by atoms with E-state index in [1.54, 1.807) is 4.68 Å². The van der Waals surface area contributed by atoms with E-state index in [1.807, 2.05) is 14.0 Å². The van der Waals surface area contributed by atoms with Crippen molar-refractivity contribution in [3.8, 4) is 0 Å². The summed E-state index contributed by atoms with van der Waals surface area (Å²) in [6.45, 7) is 6.17. The Morgan fingerprint density at radius 3 is 2.85 bits per heavy atom.